The van der Waals surface area contributed by atoms with Crippen LogP contribution in [0.3, 0.4) is 0 Å². The fourth-order valence-electron chi connectivity index (χ4n) is 2.19. The minimum atomic E-state index is -0.642. The first-order valence-corrected chi connectivity index (χ1v) is 6.98. The number of ether oxygens (including phenoxy) is 2. The normalized spacial score (nSPS) is 15.3. The summed E-state index contributed by atoms with van der Waals surface area (Å²) < 4.78 is 10.5. The Hall–Kier alpha value is -2.24. The fraction of sp³-hybridized carbons (Fsp3) is 0.467. The number of carbonyl (C=O) groups excluding carboxylic acids is 2. The Balaban J connectivity index is 1.99. The molecule has 0 unspecified atom stereocenters. The number of carbonyl (C=O) groups is 2. The lowest BCUT2D eigenvalue weighted by Gasteiger charge is -2.21. The van der Waals surface area contributed by atoms with E-state index in [1.165, 1.54) is 0 Å². The Labute approximate surface area is 123 Å². The Morgan fingerprint density at radius 2 is 2.05 bits per heavy atom. The van der Waals surface area contributed by atoms with Crippen LogP contribution in [-0.2, 0) is 16.0 Å². The molecule has 0 saturated heterocycles. The average molecular weight is 292 g/mol. The van der Waals surface area contributed by atoms with Crippen molar-refractivity contribution in [3.05, 3.63) is 23.8 Å². The van der Waals surface area contributed by atoms with Gasteiger partial charge in [0.05, 0.1) is 6.42 Å². The van der Waals surface area contributed by atoms with E-state index in [2.05, 4.69) is 5.32 Å². The van der Waals surface area contributed by atoms with E-state index >= 15 is 0 Å². The zero-order valence-corrected chi connectivity index (χ0v) is 12.2. The maximum Gasteiger partial charge on any atom is 0.240 e. The van der Waals surface area contributed by atoms with Crippen molar-refractivity contribution < 1.29 is 19.1 Å². The average Bonchev–Trinajstić information content (AvgIpc) is 2.91. The van der Waals surface area contributed by atoms with Crippen LogP contribution in [0.5, 0.6) is 11.5 Å². The summed E-state index contributed by atoms with van der Waals surface area (Å²) in [7, 11) is 0. The minimum Gasteiger partial charge on any atom is -0.454 e. The van der Waals surface area contributed by atoms with Gasteiger partial charge >= 0.3 is 0 Å². The summed E-state index contributed by atoms with van der Waals surface area (Å²) in [6, 6.07) is 4.70. The molecule has 2 rings (SSSR count). The van der Waals surface area contributed by atoms with Gasteiger partial charge in [-0.3, -0.25) is 9.59 Å². The lowest BCUT2D eigenvalue weighted by molar-refractivity contribution is -0.128. The first-order valence-electron chi connectivity index (χ1n) is 6.98. The van der Waals surface area contributed by atoms with Gasteiger partial charge in [-0.1, -0.05) is 26.3 Å². The largest absolute Gasteiger partial charge is 0.454 e. The second kappa shape index (κ2) is 6.47. The fourth-order valence-corrected chi connectivity index (χ4v) is 2.19. The lowest BCUT2D eigenvalue weighted by Crippen LogP contribution is -2.48. The summed E-state index contributed by atoms with van der Waals surface area (Å²) in [5, 5.41) is 2.70. The van der Waals surface area contributed by atoms with E-state index in [4.69, 9.17) is 15.2 Å². The summed E-state index contributed by atoms with van der Waals surface area (Å²) in [6.45, 7) is 4.03. The Bertz CT molecular complexity index is 544. The smallest absolute Gasteiger partial charge is 0.240 e. The maximum absolute atomic E-state index is 12.1. The number of amides is 2. The molecule has 1 heterocycles. The first-order chi connectivity index (χ1) is 10.0. The second-order valence-electron chi connectivity index (χ2n) is 5.20. The van der Waals surface area contributed by atoms with Crippen LogP contribution >= 0.6 is 0 Å². The highest BCUT2D eigenvalue weighted by molar-refractivity contribution is 5.87. The van der Waals surface area contributed by atoms with Crippen molar-refractivity contribution in [3.63, 3.8) is 0 Å². The van der Waals surface area contributed by atoms with Crippen molar-refractivity contribution in [1.29, 1.82) is 0 Å². The molecule has 0 radical (unpaired) electrons. The zero-order chi connectivity index (χ0) is 15.4. The molecular formula is C15H20N2O4. The number of fused-ring (bicyclic) bond motifs is 1. The minimum absolute atomic E-state index is 0.00297. The highest BCUT2D eigenvalue weighted by atomic mass is 16.7. The van der Waals surface area contributed by atoms with Crippen molar-refractivity contribution in [1.82, 2.24) is 5.32 Å². The van der Waals surface area contributed by atoms with Gasteiger partial charge in [-0.15, -0.1) is 0 Å². The summed E-state index contributed by atoms with van der Waals surface area (Å²) in [4.78, 5) is 23.5. The maximum atomic E-state index is 12.1. The van der Waals surface area contributed by atoms with Gasteiger partial charge in [-0.05, 0) is 23.6 Å². The molecule has 0 saturated carbocycles. The van der Waals surface area contributed by atoms with Crippen LogP contribution in [0.15, 0.2) is 18.2 Å². The number of hydrogen-bond donors (Lipinski definition) is 2. The molecule has 0 fully saturated rings. The predicted molar refractivity (Wildman–Crippen MR) is 76.8 cm³/mol. The van der Waals surface area contributed by atoms with E-state index in [0.717, 1.165) is 12.0 Å². The third-order valence-electron chi connectivity index (χ3n) is 3.64. The second-order valence-corrected chi connectivity index (χ2v) is 5.20. The van der Waals surface area contributed by atoms with Crippen LogP contribution < -0.4 is 20.5 Å². The van der Waals surface area contributed by atoms with Crippen molar-refractivity contribution in [2.24, 2.45) is 11.7 Å². The van der Waals surface area contributed by atoms with Crippen molar-refractivity contribution in [2.75, 3.05) is 6.79 Å². The molecule has 0 bridgehead atoms. The van der Waals surface area contributed by atoms with Gasteiger partial charge in [0, 0.05) is 0 Å². The molecule has 1 aromatic rings. The molecule has 3 N–H and O–H groups in total. The molecule has 6 heteroatoms. The van der Waals surface area contributed by atoms with E-state index in [0.29, 0.717) is 11.5 Å². The molecule has 2 amide bonds. The quantitative estimate of drug-likeness (QED) is 0.817. The topological polar surface area (TPSA) is 90.7 Å². The van der Waals surface area contributed by atoms with Crippen LogP contribution in [0.25, 0.3) is 0 Å². The molecule has 1 aromatic carbocycles. The van der Waals surface area contributed by atoms with E-state index in [-0.39, 0.29) is 25.0 Å². The lowest BCUT2D eigenvalue weighted by atomic mass is 9.98. The van der Waals surface area contributed by atoms with E-state index < -0.39 is 11.9 Å². The Morgan fingerprint density at radius 3 is 2.71 bits per heavy atom. The van der Waals surface area contributed by atoms with Crippen molar-refractivity contribution >= 4 is 11.8 Å². The number of primary amides is 1. The van der Waals surface area contributed by atoms with Gasteiger partial charge < -0.3 is 20.5 Å². The molecule has 1 aliphatic heterocycles. The summed E-state index contributed by atoms with van der Waals surface area (Å²) in [5.74, 6) is 0.562. The van der Waals surface area contributed by atoms with Gasteiger partial charge in [-0.25, -0.2) is 0 Å². The highest BCUT2D eigenvalue weighted by Crippen LogP contribution is 2.32. The van der Waals surface area contributed by atoms with E-state index in [1.807, 2.05) is 13.8 Å². The van der Waals surface area contributed by atoms with Gasteiger partial charge in [0.25, 0.3) is 0 Å². The van der Waals surface area contributed by atoms with Crippen LogP contribution in [0.4, 0.5) is 0 Å². The first kappa shape index (κ1) is 15.2. The SMILES string of the molecule is CC[C@H](C)[C@H](NC(=O)Cc1ccc2c(c1)OCO2)C(N)=O. The molecule has 114 valence electrons. The highest BCUT2D eigenvalue weighted by Gasteiger charge is 2.23. The van der Waals surface area contributed by atoms with Gasteiger partial charge in [0.1, 0.15) is 6.04 Å². The van der Waals surface area contributed by atoms with Crippen LogP contribution in [-0.4, -0.2) is 24.6 Å². The van der Waals surface area contributed by atoms with Crippen LogP contribution in [0.2, 0.25) is 0 Å². The number of nitrogens with two attached hydrogens (primary N) is 1. The Morgan fingerprint density at radius 1 is 1.33 bits per heavy atom. The molecule has 6 nitrogen and oxygen atoms in total. The van der Waals surface area contributed by atoms with Crippen molar-refractivity contribution in [2.45, 2.75) is 32.7 Å². The zero-order valence-electron chi connectivity index (χ0n) is 12.2. The monoisotopic (exact) mass is 292 g/mol. The molecule has 0 aromatic heterocycles. The predicted octanol–water partition coefficient (Wildman–Crippen LogP) is 0.974. The molecule has 21 heavy (non-hydrogen) atoms. The van der Waals surface area contributed by atoms with Crippen LogP contribution in [0.1, 0.15) is 25.8 Å². The molecule has 1 aliphatic rings. The van der Waals surface area contributed by atoms with E-state index in [1.54, 1.807) is 18.2 Å². The van der Waals surface area contributed by atoms with Crippen LogP contribution in [0, 0.1) is 5.92 Å². The third kappa shape index (κ3) is 3.65. The number of hydrogen-bond acceptors (Lipinski definition) is 4. The third-order valence-corrected chi connectivity index (χ3v) is 3.64. The molecule has 0 spiro atoms. The summed E-state index contributed by atoms with van der Waals surface area (Å²) >= 11 is 0. The summed E-state index contributed by atoms with van der Waals surface area (Å²) in [5.41, 5.74) is 6.13. The van der Waals surface area contributed by atoms with Gasteiger partial charge in [0.15, 0.2) is 11.5 Å². The number of rotatable bonds is 6. The standard InChI is InChI=1S/C15H20N2O4/c1-3-9(2)14(15(16)19)17-13(18)7-10-4-5-11-12(6-10)21-8-20-11/h4-6,9,14H,3,7-8H2,1-2H3,(H2,16,19)(H,17,18)/t9-,14-/m0/s1. The van der Waals surface area contributed by atoms with Gasteiger partial charge in [-0.2, -0.15) is 0 Å². The molecular weight excluding hydrogens is 272 g/mol. The molecule has 2 atom stereocenters. The van der Waals surface area contributed by atoms with E-state index in [9.17, 15) is 9.59 Å². The summed E-state index contributed by atoms with van der Waals surface area (Å²) in [6.07, 6.45) is 0.925. The van der Waals surface area contributed by atoms with Gasteiger partial charge in [0.2, 0.25) is 18.6 Å². The molecule has 0 aliphatic carbocycles. The van der Waals surface area contributed by atoms with Crippen molar-refractivity contribution in [3.8, 4) is 11.5 Å². The number of benzene rings is 1. The number of nitrogens with one attached hydrogen (secondary N) is 1. The Kier molecular flexibility index (Phi) is 4.67.